The normalized spacial score (nSPS) is 26.4. The van der Waals surface area contributed by atoms with Crippen LogP contribution in [0.3, 0.4) is 0 Å². The van der Waals surface area contributed by atoms with Crippen LogP contribution in [0.4, 0.5) is 0 Å². The highest BCUT2D eigenvalue weighted by atomic mass is 15.2. The van der Waals surface area contributed by atoms with E-state index in [0.717, 1.165) is 6.04 Å². The zero-order valence-corrected chi connectivity index (χ0v) is 11.8. The predicted octanol–water partition coefficient (Wildman–Crippen LogP) is 2.89. The molecule has 1 rings (SSSR count). The van der Waals surface area contributed by atoms with E-state index in [1.165, 1.54) is 38.8 Å². The van der Waals surface area contributed by atoms with Gasteiger partial charge >= 0.3 is 0 Å². The number of nitrogens with one attached hydrogen (secondary N) is 1. The zero-order chi connectivity index (χ0) is 12.2. The molecule has 0 aromatic rings. The van der Waals surface area contributed by atoms with Crippen molar-refractivity contribution in [2.75, 3.05) is 20.1 Å². The Hall–Kier alpha value is -0.0800. The molecule has 0 bridgehead atoms. The molecule has 1 aliphatic heterocycles. The number of likely N-dealkylation sites (N-methyl/N-ethyl adjacent to an activating group) is 1. The van der Waals surface area contributed by atoms with Gasteiger partial charge in [0.05, 0.1) is 0 Å². The Bertz CT molecular complexity index is 195. The van der Waals surface area contributed by atoms with Gasteiger partial charge in [0.2, 0.25) is 0 Å². The van der Waals surface area contributed by atoms with Gasteiger partial charge in [0.1, 0.15) is 0 Å². The average Bonchev–Trinajstić information content (AvgIpc) is 2.38. The smallest absolute Gasteiger partial charge is 0.0240 e. The first-order valence-corrected chi connectivity index (χ1v) is 6.86. The molecule has 1 heterocycles. The summed E-state index contributed by atoms with van der Waals surface area (Å²) < 4.78 is 0. The summed E-state index contributed by atoms with van der Waals surface area (Å²) in [5.74, 6) is 0. The minimum Gasteiger partial charge on any atom is -0.315 e. The first-order chi connectivity index (χ1) is 7.45. The minimum absolute atomic E-state index is 0.348. The van der Waals surface area contributed by atoms with E-state index >= 15 is 0 Å². The predicted molar refractivity (Wildman–Crippen MR) is 71.8 cm³/mol. The van der Waals surface area contributed by atoms with Crippen LogP contribution in [0.1, 0.15) is 53.4 Å². The summed E-state index contributed by atoms with van der Waals surface area (Å²) >= 11 is 0. The Morgan fingerprint density at radius 2 is 1.94 bits per heavy atom. The summed E-state index contributed by atoms with van der Waals surface area (Å²) in [4.78, 5) is 2.68. The van der Waals surface area contributed by atoms with Crippen molar-refractivity contribution in [3.05, 3.63) is 0 Å². The van der Waals surface area contributed by atoms with Crippen molar-refractivity contribution in [1.82, 2.24) is 10.2 Å². The van der Waals surface area contributed by atoms with Gasteiger partial charge in [-0.3, -0.25) is 4.90 Å². The van der Waals surface area contributed by atoms with E-state index in [4.69, 9.17) is 0 Å². The molecule has 1 aliphatic rings. The van der Waals surface area contributed by atoms with Crippen molar-refractivity contribution in [2.45, 2.75) is 65.5 Å². The van der Waals surface area contributed by atoms with Crippen molar-refractivity contribution >= 4 is 0 Å². The summed E-state index contributed by atoms with van der Waals surface area (Å²) in [6.45, 7) is 11.9. The molecule has 2 atom stereocenters. The van der Waals surface area contributed by atoms with E-state index < -0.39 is 0 Å². The fourth-order valence-electron chi connectivity index (χ4n) is 2.64. The number of hydrogen-bond donors (Lipinski definition) is 1. The van der Waals surface area contributed by atoms with Crippen molar-refractivity contribution in [3.63, 3.8) is 0 Å². The third-order valence-electron chi connectivity index (χ3n) is 4.00. The molecule has 0 saturated carbocycles. The zero-order valence-electron chi connectivity index (χ0n) is 11.8. The van der Waals surface area contributed by atoms with Gasteiger partial charge in [-0.25, -0.2) is 0 Å². The van der Waals surface area contributed by atoms with Crippen LogP contribution in [0.15, 0.2) is 0 Å². The van der Waals surface area contributed by atoms with E-state index in [1.807, 2.05) is 0 Å². The maximum Gasteiger partial charge on any atom is 0.0240 e. The first kappa shape index (κ1) is 14.0. The summed E-state index contributed by atoms with van der Waals surface area (Å²) in [6, 6.07) is 1.36. The number of hydrogen-bond acceptors (Lipinski definition) is 2. The molecule has 1 fully saturated rings. The van der Waals surface area contributed by atoms with Crippen LogP contribution < -0.4 is 5.32 Å². The van der Waals surface area contributed by atoms with Gasteiger partial charge in [0.25, 0.3) is 0 Å². The highest BCUT2D eigenvalue weighted by Crippen LogP contribution is 2.23. The van der Waals surface area contributed by atoms with Gasteiger partial charge < -0.3 is 5.32 Å². The monoisotopic (exact) mass is 226 g/mol. The Labute approximate surface area is 102 Å². The molecule has 0 radical (unpaired) electrons. The second-order valence-electron chi connectivity index (χ2n) is 6.40. The average molecular weight is 226 g/mol. The van der Waals surface area contributed by atoms with E-state index in [0.29, 0.717) is 11.5 Å². The lowest BCUT2D eigenvalue weighted by Crippen LogP contribution is -2.49. The standard InChI is InChI=1S/C14H30N2/c1-12-9-7-6-8-10-16(12)11-13(15-5)14(2,3)4/h12-13,15H,6-11H2,1-5H3. The molecular weight excluding hydrogens is 196 g/mol. The number of likely N-dealkylation sites (tertiary alicyclic amines) is 1. The van der Waals surface area contributed by atoms with E-state index in [-0.39, 0.29) is 0 Å². The van der Waals surface area contributed by atoms with Crippen molar-refractivity contribution in [2.24, 2.45) is 5.41 Å². The summed E-state index contributed by atoms with van der Waals surface area (Å²) in [5, 5.41) is 3.49. The second kappa shape index (κ2) is 6.02. The maximum atomic E-state index is 3.49. The Kier molecular flexibility index (Phi) is 5.26. The largest absolute Gasteiger partial charge is 0.315 e. The van der Waals surface area contributed by atoms with Gasteiger partial charge in [0.15, 0.2) is 0 Å². The molecule has 16 heavy (non-hydrogen) atoms. The molecule has 2 heteroatoms. The van der Waals surface area contributed by atoms with Crippen LogP contribution >= 0.6 is 0 Å². The van der Waals surface area contributed by atoms with Crippen molar-refractivity contribution in [1.29, 1.82) is 0 Å². The molecular formula is C14H30N2. The van der Waals surface area contributed by atoms with Crippen molar-refractivity contribution in [3.8, 4) is 0 Å². The molecule has 0 aliphatic carbocycles. The van der Waals surface area contributed by atoms with E-state index in [2.05, 4.69) is 45.0 Å². The number of rotatable bonds is 3. The SMILES string of the molecule is CNC(CN1CCCCCC1C)C(C)(C)C. The second-order valence-corrected chi connectivity index (χ2v) is 6.40. The van der Waals surface area contributed by atoms with Crippen LogP contribution in [-0.4, -0.2) is 37.1 Å². The van der Waals surface area contributed by atoms with Gasteiger partial charge in [-0.05, 0) is 38.8 Å². The molecule has 2 nitrogen and oxygen atoms in total. The molecule has 0 aromatic carbocycles. The third kappa shape index (κ3) is 4.06. The quantitative estimate of drug-likeness (QED) is 0.796. The van der Waals surface area contributed by atoms with E-state index in [1.54, 1.807) is 0 Å². The molecule has 1 N–H and O–H groups in total. The third-order valence-corrected chi connectivity index (χ3v) is 4.00. The van der Waals surface area contributed by atoms with Crippen molar-refractivity contribution < 1.29 is 0 Å². The van der Waals surface area contributed by atoms with E-state index in [9.17, 15) is 0 Å². The fourth-order valence-corrected chi connectivity index (χ4v) is 2.64. The Morgan fingerprint density at radius 3 is 2.50 bits per heavy atom. The van der Waals surface area contributed by atoms with Crippen LogP contribution in [0, 0.1) is 5.41 Å². The Morgan fingerprint density at radius 1 is 1.25 bits per heavy atom. The molecule has 96 valence electrons. The maximum absolute atomic E-state index is 3.49. The van der Waals surface area contributed by atoms with Gasteiger partial charge in [-0.1, -0.05) is 33.6 Å². The van der Waals surface area contributed by atoms with Crippen LogP contribution in [-0.2, 0) is 0 Å². The van der Waals surface area contributed by atoms with Crippen LogP contribution in [0.2, 0.25) is 0 Å². The van der Waals surface area contributed by atoms with Crippen LogP contribution in [0.25, 0.3) is 0 Å². The van der Waals surface area contributed by atoms with Gasteiger partial charge in [0, 0.05) is 18.6 Å². The van der Waals surface area contributed by atoms with Crippen LogP contribution in [0.5, 0.6) is 0 Å². The topological polar surface area (TPSA) is 15.3 Å². The lowest BCUT2D eigenvalue weighted by atomic mass is 9.86. The van der Waals surface area contributed by atoms with Gasteiger partial charge in [-0.15, -0.1) is 0 Å². The lowest BCUT2D eigenvalue weighted by molar-refractivity contribution is 0.147. The highest BCUT2D eigenvalue weighted by Gasteiger charge is 2.27. The summed E-state index contributed by atoms with van der Waals surface area (Å²) in [7, 11) is 2.10. The lowest BCUT2D eigenvalue weighted by Gasteiger charge is -2.37. The summed E-state index contributed by atoms with van der Waals surface area (Å²) in [5.41, 5.74) is 0.348. The fraction of sp³-hybridized carbons (Fsp3) is 1.00. The molecule has 0 amide bonds. The highest BCUT2D eigenvalue weighted by molar-refractivity contribution is 4.84. The molecule has 0 spiro atoms. The number of nitrogens with zero attached hydrogens (tertiary/aromatic N) is 1. The molecule has 1 saturated heterocycles. The Balaban J connectivity index is 2.55. The minimum atomic E-state index is 0.348. The first-order valence-electron chi connectivity index (χ1n) is 6.86. The summed E-state index contributed by atoms with van der Waals surface area (Å²) in [6.07, 6.45) is 5.59. The van der Waals surface area contributed by atoms with Gasteiger partial charge in [-0.2, -0.15) is 0 Å². The molecule has 2 unspecified atom stereocenters. The molecule has 0 aromatic heterocycles.